The molecule has 2 atom stereocenters. The van der Waals surface area contributed by atoms with E-state index < -0.39 is 11.6 Å². The number of ether oxygens (including phenoxy) is 1. The lowest BCUT2D eigenvalue weighted by Crippen LogP contribution is -2.73. The van der Waals surface area contributed by atoms with Crippen molar-refractivity contribution < 1.29 is 14.3 Å². The Kier molecular flexibility index (Phi) is 3.92. The molecule has 25 heavy (non-hydrogen) atoms. The van der Waals surface area contributed by atoms with Gasteiger partial charge in [-0.05, 0) is 24.0 Å². The minimum atomic E-state index is -0.810. The van der Waals surface area contributed by atoms with E-state index in [1.165, 1.54) is 0 Å². The minimum absolute atomic E-state index is 0.0875. The Hall–Kier alpha value is -2.82. The molecule has 5 heteroatoms. The summed E-state index contributed by atoms with van der Waals surface area (Å²) in [4.78, 5) is 26.8. The Morgan fingerprint density at radius 3 is 2.48 bits per heavy atom. The number of β-lactam (4-membered cyclic amide) rings is 1. The van der Waals surface area contributed by atoms with Crippen molar-refractivity contribution in [1.29, 1.82) is 0 Å². The summed E-state index contributed by atoms with van der Waals surface area (Å²) in [5.74, 6) is -0.0875. The average molecular weight is 336 g/mol. The number of carbonyl (C=O) groups is 2. The second-order valence-electron chi connectivity index (χ2n) is 6.54. The maximum absolute atomic E-state index is 12.7. The smallest absolute Gasteiger partial charge is 0.411 e. The third kappa shape index (κ3) is 2.56. The maximum atomic E-state index is 12.7. The number of nitrogens with zero attached hydrogens (tertiary/aromatic N) is 1. The highest BCUT2D eigenvalue weighted by molar-refractivity contribution is 5.97. The monoisotopic (exact) mass is 336 g/mol. The molecule has 0 radical (unpaired) electrons. The minimum Gasteiger partial charge on any atom is -0.445 e. The van der Waals surface area contributed by atoms with Gasteiger partial charge in [0, 0.05) is 6.54 Å². The van der Waals surface area contributed by atoms with Gasteiger partial charge in [-0.3, -0.25) is 9.69 Å². The summed E-state index contributed by atoms with van der Waals surface area (Å²) in [5.41, 5.74) is 1.14. The van der Waals surface area contributed by atoms with Gasteiger partial charge in [0.15, 0.2) is 0 Å². The van der Waals surface area contributed by atoms with Crippen molar-refractivity contribution in [2.24, 2.45) is 0 Å². The van der Waals surface area contributed by atoms with Crippen LogP contribution < -0.4 is 5.32 Å². The molecule has 0 aromatic heterocycles. The molecule has 2 aliphatic heterocycles. The van der Waals surface area contributed by atoms with Gasteiger partial charge in [0.2, 0.25) is 5.91 Å². The van der Waals surface area contributed by atoms with E-state index >= 15 is 0 Å². The zero-order valence-corrected chi connectivity index (χ0v) is 13.9. The first-order valence-electron chi connectivity index (χ1n) is 8.56. The summed E-state index contributed by atoms with van der Waals surface area (Å²) in [6.45, 7) is 0.758. The molecule has 1 spiro atoms. The van der Waals surface area contributed by atoms with Crippen LogP contribution in [0.1, 0.15) is 30.0 Å². The Morgan fingerprint density at radius 1 is 1.12 bits per heavy atom. The van der Waals surface area contributed by atoms with Crippen LogP contribution >= 0.6 is 0 Å². The first-order chi connectivity index (χ1) is 12.2. The Labute approximate surface area is 146 Å². The van der Waals surface area contributed by atoms with E-state index in [0.717, 1.165) is 17.5 Å². The van der Waals surface area contributed by atoms with Gasteiger partial charge in [-0.1, -0.05) is 60.7 Å². The number of carbonyl (C=O) groups excluding carboxylic acids is 2. The normalized spacial score (nSPS) is 24.7. The summed E-state index contributed by atoms with van der Waals surface area (Å²) in [7, 11) is 0. The molecule has 2 aliphatic rings. The van der Waals surface area contributed by atoms with Gasteiger partial charge in [-0.2, -0.15) is 0 Å². The second-order valence-corrected chi connectivity index (χ2v) is 6.54. The quantitative estimate of drug-likeness (QED) is 0.877. The fourth-order valence-corrected chi connectivity index (χ4v) is 3.86. The first-order valence-corrected chi connectivity index (χ1v) is 8.56. The van der Waals surface area contributed by atoms with E-state index in [-0.39, 0.29) is 18.6 Å². The molecule has 2 aromatic carbocycles. The van der Waals surface area contributed by atoms with Gasteiger partial charge in [-0.15, -0.1) is 0 Å². The van der Waals surface area contributed by atoms with Gasteiger partial charge in [0.05, 0.1) is 6.04 Å². The van der Waals surface area contributed by atoms with E-state index in [1.807, 2.05) is 60.7 Å². The van der Waals surface area contributed by atoms with Crippen LogP contribution in [0.5, 0.6) is 0 Å². The lowest BCUT2D eigenvalue weighted by Gasteiger charge is -2.50. The van der Waals surface area contributed by atoms with Crippen molar-refractivity contribution >= 4 is 12.0 Å². The number of nitrogens with one attached hydrogen (secondary N) is 1. The molecule has 2 saturated heterocycles. The third-order valence-electron chi connectivity index (χ3n) is 5.13. The Morgan fingerprint density at radius 2 is 1.80 bits per heavy atom. The van der Waals surface area contributed by atoms with Gasteiger partial charge < -0.3 is 10.1 Å². The van der Waals surface area contributed by atoms with Gasteiger partial charge in [0.25, 0.3) is 0 Å². The molecule has 5 nitrogen and oxygen atoms in total. The van der Waals surface area contributed by atoms with Crippen molar-refractivity contribution in [1.82, 2.24) is 10.2 Å². The number of hydrogen-bond acceptors (Lipinski definition) is 3. The molecule has 2 amide bonds. The molecule has 4 rings (SSSR count). The van der Waals surface area contributed by atoms with Crippen molar-refractivity contribution in [3.8, 4) is 0 Å². The number of likely N-dealkylation sites (tertiary alicyclic amines) is 1. The van der Waals surface area contributed by atoms with Crippen LogP contribution in [-0.2, 0) is 16.1 Å². The Balaban J connectivity index is 1.53. The number of rotatable bonds is 3. The largest absolute Gasteiger partial charge is 0.445 e. The summed E-state index contributed by atoms with van der Waals surface area (Å²) in [5, 5.41) is 2.96. The lowest BCUT2D eigenvalue weighted by atomic mass is 9.75. The molecule has 1 N–H and O–H groups in total. The topological polar surface area (TPSA) is 58.6 Å². The molecule has 0 unspecified atom stereocenters. The zero-order chi connectivity index (χ0) is 17.3. The predicted molar refractivity (Wildman–Crippen MR) is 92.6 cm³/mol. The van der Waals surface area contributed by atoms with Crippen LogP contribution in [0.3, 0.4) is 0 Å². The summed E-state index contributed by atoms with van der Waals surface area (Å²) in [6.07, 6.45) is 1.05. The van der Waals surface area contributed by atoms with E-state index in [9.17, 15) is 9.59 Å². The highest BCUT2D eigenvalue weighted by Gasteiger charge is 2.63. The molecule has 0 bridgehead atoms. The SMILES string of the molecule is O=C(OCc1ccccc1)N1CCC[C@]12C(=O)N[C@@H]2c1ccccc1. The summed E-state index contributed by atoms with van der Waals surface area (Å²) >= 11 is 0. The van der Waals surface area contributed by atoms with Crippen molar-refractivity contribution in [3.63, 3.8) is 0 Å². The number of benzene rings is 2. The van der Waals surface area contributed by atoms with Crippen LogP contribution in [0.4, 0.5) is 4.79 Å². The maximum Gasteiger partial charge on any atom is 0.411 e. The van der Waals surface area contributed by atoms with Crippen molar-refractivity contribution in [2.75, 3.05) is 6.54 Å². The zero-order valence-electron chi connectivity index (χ0n) is 13.9. The van der Waals surface area contributed by atoms with Crippen LogP contribution in [-0.4, -0.2) is 29.0 Å². The standard InChI is InChI=1S/C20H20N2O3/c23-18-20(17(21-18)16-10-5-2-6-11-16)12-7-13-22(20)19(24)25-14-15-8-3-1-4-9-15/h1-6,8-11,17H,7,12-14H2,(H,21,23)/t17-,20+/m1/s1. The van der Waals surface area contributed by atoms with Gasteiger partial charge >= 0.3 is 6.09 Å². The molecule has 2 fully saturated rings. The fraction of sp³-hybridized carbons (Fsp3) is 0.300. The lowest BCUT2D eigenvalue weighted by molar-refractivity contribution is -0.146. The number of amides is 2. The predicted octanol–water partition coefficient (Wildman–Crippen LogP) is 3.03. The second kappa shape index (κ2) is 6.24. The van der Waals surface area contributed by atoms with E-state index in [1.54, 1.807) is 4.90 Å². The Bertz CT molecular complexity index is 778. The fourth-order valence-electron chi connectivity index (χ4n) is 3.86. The highest BCUT2D eigenvalue weighted by Crippen LogP contribution is 2.46. The average Bonchev–Trinajstić information content (AvgIpc) is 3.14. The van der Waals surface area contributed by atoms with Crippen molar-refractivity contribution in [2.45, 2.75) is 31.0 Å². The van der Waals surface area contributed by atoms with Crippen LogP contribution in [0.2, 0.25) is 0 Å². The molecule has 0 aliphatic carbocycles. The third-order valence-corrected chi connectivity index (χ3v) is 5.13. The van der Waals surface area contributed by atoms with Crippen LogP contribution in [0.15, 0.2) is 60.7 Å². The van der Waals surface area contributed by atoms with Gasteiger partial charge in [-0.25, -0.2) is 4.79 Å². The summed E-state index contributed by atoms with van der Waals surface area (Å²) in [6, 6.07) is 19.2. The van der Waals surface area contributed by atoms with Crippen LogP contribution in [0.25, 0.3) is 0 Å². The number of hydrogen-bond donors (Lipinski definition) is 1. The summed E-state index contributed by atoms with van der Waals surface area (Å²) < 4.78 is 5.48. The first kappa shape index (κ1) is 15.7. The van der Waals surface area contributed by atoms with Crippen LogP contribution in [0, 0.1) is 0 Å². The van der Waals surface area contributed by atoms with E-state index in [0.29, 0.717) is 13.0 Å². The highest BCUT2D eigenvalue weighted by atomic mass is 16.6. The van der Waals surface area contributed by atoms with Crippen molar-refractivity contribution in [3.05, 3.63) is 71.8 Å². The molecule has 0 saturated carbocycles. The van der Waals surface area contributed by atoms with Gasteiger partial charge in [0.1, 0.15) is 12.1 Å². The molecule has 2 heterocycles. The molecular formula is C20H20N2O3. The molecular weight excluding hydrogens is 316 g/mol. The van der Waals surface area contributed by atoms with E-state index in [2.05, 4.69) is 5.32 Å². The van der Waals surface area contributed by atoms with E-state index in [4.69, 9.17) is 4.74 Å². The molecule has 128 valence electrons. The molecule has 2 aromatic rings.